The molecule has 3 rings (SSSR count). The van der Waals surface area contributed by atoms with E-state index in [2.05, 4.69) is 10.6 Å². The third-order valence-electron chi connectivity index (χ3n) is 4.87. The van der Waals surface area contributed by atoms with E-state index in [1.54, 1.807) is 0 Å². The van der Waals surface area contributed by atoms with E-state index in [0.29, 0.717) is 6.10 Å². The molecule has 0 spiro atoms. The van der Waals surface area contributed by atoms with Gasteiger partial charge in [0, 0.05) is 17.4 Å². The van der Waals surface area contributed by atoms with E-state index in [1.807, 2.05) is 63.2 Å². The second kappa shape index (κ2) is 8.26. The van der Waals surface area contributed by atoms with Crippen molar-refractivity contribution in [2.75, 3.05) is 10.6 Å². The first kappa shape index (κ1) is 18.3. The molecule has 0 aromatic heterocycles. The van der Waals surface area contributed by atoms with Crippen LogP contribution in [0.25, 0.3) is 0 Å². The maximum atomic E-state index is 12.5. The summed E-state index contributed by atoms with van der Waals surface area (Å²) in [5.74, 6) is 0.810. The molecule has 4 heteroatoms. The molecule has 1 aliphatic carbocycles. The Labute approximate surface area is 156 Å². The minimum absolute atomic E-state index is 0.0548. The van der Waals surface area contributed by atoms with Gasteiger partial charge in [-0.1, -0.05) is 18.2 Å². The summed E-state index contributed by atoms with van der Waals surface area (Å²) in [7, 11) is 0. The Morgan fingerprint density at radius 1 is 1.12 bits per heavy atom. The number of ether oxygens (including phenoxy) is 1. The predicted molar refractivity (Wildman–Crippen MR) is 107 cm³/mol. The van der Waals surface area contributed by atoms with Crippen LogP contribution in [0.1, 0.15) is 43.7 Å². The molecule has 1 fully saturated rings. The van der Waals surface area contributed by atoms with Crippen molar-refractivity contribution < 1.29 is 9.53 Å². The average molecular weight is 352 g/mol. The van der Waals surface area contributed by atoms with Gasteiger partial charge in [0.05, 0.1) is 6.10 Å². The fourth-order valence-corrected chi connectivity index (χ4v) is 3.28. The Balaban J connectivity index is 1.60. The molecule has 1 unspecified atom stereocenters. The van der Waals surface area contributed by atoms with Crippen molar-refractivity contribution in [3.63, 3.8) is 0 Å². The van der Waals surface area contributed by atoms with Gasteiger partial charge in [0.15, 0.2) is 0 Å². The zero-order chi connectivity index (χ0) is 18.5. The van der Waals surface area contributed by atoms with Gasteiger partial charge in [-0.2, -0.15) is 0 Å². The predicted octanol–water partition coefficient (Wildman–Crippen LogP) is 5.06. The van der Waals surface area contributed by atoms with Crippen LogP contribution in [-0.4, -0.2) is 18.1 Å². The zero-order valence-corrected chi connectivity index (χ0v) is 15.8. The lowest BCUT2D eigenvalue weighted by molar-refractivity contribution is -0.116. The fourth-order valence-electron chi connectivity index (χ4n) is 3.28. The molecular formula is C22H28N2O2. The van der Waals surface area contributed by atoms with E-state index in [1.165, 1.54) is 12.8 Å². The van der Waals surface area contributed by atoms with Gasteiger partial charge in [0.1, 0.15) is 11.8 Å². The third-order valence-corrected chi connectivity index (χ3v) is 4.87. The van der Waals surface area contributed by atoms with Crippen molar-refractivity contribution in [1.29, 1.82) is 0 Å². The smallest absolute Gasteiger partial charge is 0.246 e. The van der Waals surface area contributed by atoms with Crippen molar-refractivity contribution >= 4 is 17.3 Å². The standard InChI is InChI=1S/C22H28N2O2/c1-15-11-12-16(2)21(13-15)24-22(25)17(3)23-18-7-6-10-20(14-18)26-19-8-4-5-9-19/h6-7,10-14,17,19,23H,4-5,8-9H2,1-3H3,(H,24,25). The van der Waals surface area contributed by atoms with Crippen molar-refractivity contribution in [2.24, 2.45) is 0 Å². The van der Waals surface area contributed by atoms with Crippen LogP contribution in [0.5, 0.6) is 5.75 Å². The normalized spacial score (nSPS) is 15.5. The summed E-state index contributed by atoms with van der Waals surface area (Å²) >= 11 is 0. The summed E-state index contributed by atoms with van der Waals surface area (Å²) < 4.78 is 6.04. The molecule has 138 valence electrons. The van der Waals surface area contributed by atoms with Crippen LogP contribution in [0.2, 0.25) is 0 Å². The highest BCUT2D eigenvalue weighted by atomic mass is 16.5. The second-order valence-electron chi connectivity index (χ2n) is 7.23. The molecule has 4 nitrogen and oxygen atoms in total. The molecule has 1 saturated carbocycles. The second-order valence-corrected chi connectivity index (χ2v) is 7.23. The van der Waals surface area contributed by atoms with Crippen molar-refractivity contribution in [1.82, 2.24) is 0 Å². The zero-order valence-electron chi connectivity index (χ0n) is 15.8. The van der Waals surface area contributed by atoms with E-state index in [-0.39, 0.29) is 11.9 Å². The first-order valence-electron chi connectivity index (χ1n) is 9.42. The van der Waals surface area contributed by atoms with Gasteiger partial charge in [-0.15, -0.1) is 0 Å². The molecule has 0 heterocycles. The number of amides is 1. The first-order chi connectivity index (χ1) is 12.5. The molecule has 1 aliphatic rings. The van der Waals surface area contributed by atoms with Crippen LogP contribution in [-0.2, 0) is 4.79 Å². The van der Waals surface area contributed by atoms with E-state index < -0.39 is 0 Å². The fraction of sp³-hybridized carbons (Fsp3) is 0.409. The monoisotopic (exact) mass is 352 g/mol. The Morgan fingerprint density at radius 2 is 1.88 bits per heavy atom. The summed E-state index contributed by atoms with van der Waals surface area (Å²) in [5.41, 5.74) is 3.94. The van der Waals surface area contributed by atoms with Crippen molar-refractivity contribution in [3.8, 4) is 5.75 Å². The van der Waals surface area contributed by atoms with Crippen LogP contribution in [0.4, 0.5) is 11.4 Å². The number of carbonyl (C=O) groups is 1. The number of hydrogen-bond donors (Lipinski definition) is 2. The lowest BCUT2D eigenvalue weighted by atomic mass is 10.1. The van der Waals surface area contributed by atoms with Crippen LogP contribution < -0.4 is 15.4 Å². The highest BCUT2D eigenvalue weighted by molar-refractivity contribution is 5.96. The van der Waals surface area contributed by atoms with Gasteiger partial charge >= 0.3 is 0 Å². The summed E-state index contributed by atoms with van der Waals surface area (Å²) in [6, 6.07) is 13.6. The highest BCUT2D eigenvalue weighted by Crippen LogP contribution is 2.26. The van der Waals surface area contributed by atoms with Gasteiger partial charge in [-0.3, -0.25) is 4.79 Å². The van der Waals surface area contributed by atoms with E-state index >= 15 is 0 Å². The maximum absolute atomic E-state index is 12.5. The number of carbonyl (C=O) groups excluding carboxylic acids is 1. The largest absolute Gasteiger partial charge is 0.490 e. The molecule has 0 radical (unpaired) electrons. The van der Waals surface area contributed by atoms with E-state index in [0.717, 1.165) is 41.1 Å². The van der Waals surface area contributed by atoms with Crippen molar-refractivity contribution in [3.05, 3.63) is 53.6 Å². The molecular weight excluding hydrogens is 324 g/mol. The summed E-state index contributed by atoms with van der Waals surface area (Å²) in [4.78, 5) is 12.5. The Bertz CT molecular complexity index is 766. The van der Waals surface area contributed by atoms with E-state index in [9.17, 15) is 4.79 Å². The van der Waals surface area contributed by atoms with Crippen LogP contribution in [0.3, 0.4) is 0 Å². The van der Waals surface area contributed by atoms with Crippen LogP contribution in [0.15, 0.2) is 42.5 Å². The van der Waals surface area contributed by atoms with Crippen molar-refractivity contribution in [2.45, 2.75) is 58.6 Å². The van der Waals surface area contributed by atoms with Gasteiger partial charge in [0.2, 0.25) is 5.91 Å². The van der Waals surface area contributed by atoms with Gasteiger partial charge < -0.3 is 15.4 Å². The molecule has 0 saturated heterocycles. The number of rotatable bonds is 6. The molecule has 1 atom stereocenters. The number of hydrogen-bond acceptors (Lipinski definition) is 3. The lowest BCUT2D eigenvalue weighted by Crippen LogP contribution is -2.32. The number of nitrogens with one attached hydrogen (secondary N) is 2. The van der Waals surface area contributed by atoms with Crippen LogP contribution >= 0.6 is 0 Å². The number of benzene rings is 2. The lowest BCUT2D eigenvalue weighted by Gasteiger charge is -2.18. The summed E-state index contributed by atoms with van der Waals surface area (Å²) in [5, 5.41) is 6.28. The average Bonchev–Trinajstić information content (AvgIpc) is 3.11. The third kappa shape index (κ3) is 4.78. The summed E-state index contributed by atoms with van der Waals surface area (Å²) in [6.45, 7) is 5.88. The SMILES string of the molecule is Cc1ccc(C)c(NC(=O)C(C)Nc2cccc(OC3CCCC3)c2)c1. The molecule has 2 N–H and O–H groups in total. The minimum atomic E-state index is -0.350. The van der Waals surface area contributed by atoms with Gasteiger partial charge in [-0.25, -0.2) is 0 Å². The molecule has 26 heavy (non-hydrogen) atoms. The quantitative estimate of drug-likeness (QED) is 0.763. The Kier molecular flexibility index (Phi) is 5.82. The first-order valence-corrected chi connectivity index (χ1v) is 9.42. The number of anilines is 2. The minimum Gasteiger partial charge on any atom is -0.490 e. The Hall–Kier alpha value is -2.49. The van der Waals surface area contributed by atoms with Crippen LogP contribution in [0, 0.1) is 13.8 Å². The molecule has 2 aromatic carbocycles. The highest BCUT2D eigenvalue weighted by Gasteiger charge is 2.17. The topological polar surface area (TPSA) is 50.4 Å². The van der Waals surface area contributed by atoms with Gasteiger partial charge in [0.25, 0.3) is 0 Å². The van der Waals surface area contributed by atoms with Gasteiger partial charge in [-0.05, 0) is 75.8 Å². The number of aryl methyl sites for hydroxylation is 2. The molecule has 2 aromatic rings. The molecule has 0 bridgehead atoms. The van der Waals surface area contributed by atoms with E-state index in [4.69, 9.17) is 4.74 Å². The Morgan fingerprint density at radius 3 is 2.65 bits per heavy atom. The molecule has 0 aliphatic heterocycles. The maximum Gasteiger partial charge on any atom is 0.246 e. The molecule has 1 amide bonds. The summed E-state index contributed by atoms with van der Waals surface area (Å²) in [6.07, 6.45) is 5.09.